The molecular formula is C11H8BrN3O3. The van der Waals surface area contributed by atoms with Crippen LogP contribution in [-0.4, -0.2) is 21.3 Å². The maximum Gasteiger partial charge on any atom is 0.325 e. The zero-order chi connectivity index (χ0) is 13.1. The maximum atomic E-state index is 11.4. The molecule has 0 radical (unpaired) electrons. The Morgan fingerprint density at radius 2 is 2.11 bits per heavy atom. The molecule has 0 atom stereocenters. The average molecular weight is 310 g/mol. The van der Waals surface area contributed by atoms with Gasteiger partial charge in [0.1, 0.15) is 11.4 Å². The summed E-state index contributed by atoms with van der Waals surface area (Å²) in [5, 5.41) is 9.71. The second-order valence-electron chi connectivity index (χ2n) is 3.39. The van der Waals surface area contributed by atoms with Gasteiger partial charge in [-0.15, -0.1) is 0 Å². The van der Waals surface area contributed by atoms with Gasteiger partial charge < -0.3 is 10.1 Å². The van der Waals surface area contributed by atoms with Crippen molar-refractivity contribution in [2.75, 3.05) is 0 Å². The molecule has 0 aliphatic heterocycles. The zero-order valence-electron chi connectivity index (χ0n) is 8.98. The number of H-pyrrole nitrogens is 2. The monoisotopic (exact) mass is 309 g/mol. The lowest BCUT2D eigenvalue weighted by atomic mass is 10.2. The Bertz CT molecular complexity index is 718. The molecule has 2 aromatic rings. The molecule has 0 saturated heterocycles. The quantitative estimate of drug-likeness (QED) is 0.729. The first kappa shape index (κ1) is 12.3. The number of para-hydroxylation sites is 1. The molecule has 1 heterocycles. The summed E-state index contributed by atoms with van der Waals surface area (Å²) in [5.41, 5.74) is -0.683. The molecule has 3 N–H and O–H groups in total. The minimum atomic E-state index is -0.593. The second kappa shape index (κ2) is 5.01. The summed E-state index contributed by atoms with van der Waals surface area (Å²) in [5.74, 6) is 0.0297. The van der Waals surface area contributed by atoms with E-state index in [-0.39, 0.29) is 11.4 Å². The molecule has 18 heavy (non-hydrogen) atoms. The van der Waals surface area contributed by atoms with Crippen molar-refractivity contribution in [3.63, 3.8) is 0 Å². The minimum absolute atomic E-state index is 0.0297. The average Bonchev–Trinajstić information content (AvgIpc) is 2.33. The summed E-state index contributed by atoms with van der Waals surface area (Å²) in [4.78, 5) is 30.4. The number of benzene rings is 1. The molecule has 1 aromatic carbocycles. The van der Waals surface area contributed by atoms with E-state index in [0.29, 0.717) is 10.0 Å². The third kappa shape index (κ3) is 2.57. The highest BCUT2D eigenvalue weighted by molar-refractivity contribution is 9.10. The van der Waals surface area contributed by atoms with E-state index >= 15 is 0 Å². The predicted octanol–water partition coefficient (Wildman–Crippen LogP) is 1.28. The number of hydrogen-bond acceptors (Lipinski definition) is 4. The van der Waals surface area contributed by atoms with E-state index < -0.39 is 11.2 Å². The van der Waals surface area contributed by atoms with E-state index in [0.717, 1.165) is 0 Å². The molecule has 7 heteroatoms. The van der Waals surface area contributed by atoms with Crippen molar-refractivity contribution in [3.05, 3.63) is 55.3 Å². The summed E-state index contributed by atoms with van der Waals surface area (Å²) in [6, 6.07) is 5.05. The Labute approximate surface area is 109 Å². The van der Waals surface area contributed by atoms with E-state index in [9.17, 15) is 14.7 Å². The molecule has 6 nitrogen and oxygen atoms in total. The zero-order valence-corrected chi connectivity index (χ0v) is 10.6. The van der Waals surface area contributed by atoms with Crippen LogP contribution < -0.4 is 11.2 Å². The lowest BCUT2D eigenvalue weighted by Gasteiger charge is -1.99. The first-order valence-electron chi connectivity index (χ1n) is 4.91. The molecule has 92 valence electrons. The van der Waals surface area contributed by atoms with Crippen LogP contribution in [0.2, 0.25) is 0 Å². The summed E-state index contributed by atoms with van der Waals surface area (Å²) in [6.07, 6.45) is 2.54. The number of aliphatic imine (C=N–C) groups is 1. The number of nitrogens with zero attached hydrogens (tertiary/aromatic N) is 1. The number of nitrogens with one attached hydrogen (secondary N) is 2. The van der Waals surface area contributed by atoms with Gasteiger partial charge in [0.05, 0.1) is 4.47 Å². The molecule has 0 unspecified atom stereocenters. The first-order valence-corrected chi connectivity index (χ1v) is 5.71. The molecule has 0 amide bonds. The number of aromatic amines is 2. The minimum Gasteiger partial charge on any atom is -0.506 e. The van der Waals surface area contributed by atoms with Crippen LogP contribution >= 0.6 is 15.9 Å². The van der Waals surface area contributed by atoms with Crippen LogP contribution in [0.5, 0.6) is 5.75 Å². The van der Waals surface area contributed by atoms with Gasteiger partial charge in [-0.25, -0.2) is 9.79 Å². The molecule has 0 saturated carbocycles. The number of phenolic OH excluding ortho intramolecular Hbond substituents is 1. The molecule has 0 spiro atoms. The Morgan fingerprint density at radius 1 is 1.33 bits per heavy atom. The maximum absolute atomic E-state index is 11.4. The molecule has 0 fully saturated rings. The van der Waals surface area contributed by atoms with Crippen molar-refractivity contribution >= 4 is 27.8 Å². The summed E-state index contributed by atoms with van der Waals surface area (Å²) >= 11 is 3.17. The van der Waals surface area contributed by atoms with Crippen LogP contribution in [0.25, 0.3) is 0 Å². The van der Waals surface area contributed by atoms with Crippen LogP contribution in [0, 0.1) is 0 Å². The third-order valence-electron chi connectivity index (χ3n) is 2.16. The molecule has 0 aliphatic carbocycles. The van der Waals surface area contributed by atoms with Gasteiger partial charge in [-0.05, 0) is 28.1 Å². The van der Waals surface area contributed by atoms with E-state index in [4.69, 9.17) is 0 Å². The highest BCUT2D eigenvalue weighted by Gasteiger charge is 2.02. The van der Waals surface area contributed by atoms with E-state index in [1.807, 2.05) is 4.98 Å². The van der Waals surface area contributed by atoms with Gasteiger partial charge >= 0.3 is 5.69 Å². The van der Waals surface area contributed by atoms with Gasteiger partial charge in [0, 0.05) is 18.0 Å². The van der Waals surface area contributed by atoms with Gasteiger partial charge in [-0.3, -0.25) is 9.78 Å². The lowest BCUT2D eigenvalue weighted by Crippen LogP contribution is -2.20. The fraction of sp³-hybridized carbons (Fsp3) is 0. The molecule has 2 rings (SSSR count). The third-order valence-corrected chi connectivity index (χ3v) is 2.80. The molecular weight excluding hydrogens is 302 g/mol. The number of aromatic nitrogens is 2. The summed E-state index contributed by atoms with van der Waals surface area (Å²) in [7, 11) is 0. The van der Waals surface area contributed by atoms with Crippen LogP contribution in [0.1, 0.15) is 5.56 Å². The fourth-order valence-electron chi connectivity index (χ4n) is 1.27. The molecule has 1 aromatic heterocycles. The highest BCUT2D eigenvalue weighted by Crippen LogP contribution is 2.26. The van der Waals surface area contributed by atoms with Gasteiger partial charge in [-0.1, -0.05) is 6.07 Å². The number of phenols is 1. The lowest BCUT2D eigenvalue weighted by molar-refractivity contribution is 0.471. The van der Waals surface area contributed by atoms with Crippen LogP contribution in [0.4, 0.5) is 5.69 Å². The van der Waals surface area contributed by atoms with Gasteiger partial charge in [0.2, 0.25) is 0 Å². The highest BCUT2D eigenvalue weighted by atomic mass is 79.9. The van der Waals surface area contributed by atoms with Gasteiger partial charge in [0.25, 0.3) is 5.56 Å². The van der Waals surface area contributed by atoms with Gasteiger partial charge in [0.15, 0.2) is 0 Å². The van der Waals surface area contributed by atoms with Crippen molar-refractivity contribution in [2.24, 2.45) is 4.99 Å². The van der Waals surface area contributed by atoms with Crippen LogP contribution in [0.3, 0.4) is 0 Å². The largest absolute Gasteiger partial charge is 0.506 e. The summed E-state index contributed by atoms with van der Waals surface area (Å²) < 4.78 is 0.529. The first-order chi connectivity index (χ1) is 8.58. The van der Waals surface area contributed by atoms with Gasteiger partial charge in [-0.2, -0.15) is 0 Å². The van der Waals surface area contributed by atoms with Crippen molar-refractivity contribution in [3.8, 4) is 5.75 Å². The van der Waals surface area contributed by atoms with Crippen molar-refractivity contribution in [1.82, 2.24) is 9.97 Å². The SMILES string of the molecule is O=c1[nH]cc(/N=C/c2cccc(Br)c2O)c(=O)[nH]1. The number of rotatable bonds is 2. The van der Waals surface area contributed by atoms with Crippen molar-refractivity contribution in [1.29, 1.82) is 0 Å². The fourth-order valence-corrected chi connectivity index (χ4v) is 1.66. The van der Waals surface area contributed by atoms with E-state index in [1.54, 1.807) is 18.2 Å². The number of halogens is 1. The van der Waals surface area contributed by atoms with Crippen molar-refractivity contribution < 1.29 is 5.11 Å². The van der Waals surface area contributed by atoms with Crippen LogP contribution in [0.15, 0.2) is 43.5 Å². The van der Waals surface area contributed by atoms with Crippen molar-refractivity contribution in [2.45, 2.75) is 0 Å². The Kier molecular flexibility index (Phi) is 3.42. The molecule has 0 aliphatic rings. The molecule has 0 bridgehead atoms. The normalized spacial score (nSPS) is 10.9. The second-order valence-corrected chi connectivity index (χ2v) is 4.25. The predicted molar refractivity (Wildman–Crippen MR) is 70.7 cm³/mol. The van der Waals surface area contributed by atoms with E-state index in [2.05, 4.69) is 25.9 Å². The topological polar surface area (TPSA) is 98.3 Å². The number of aromatic hydroxyl groups is 1. The summed E-state index contributed by atoms with van der Waals surface area (Å²) in [6.45, 7) is 0. The smallest absolute Gasteiger partial charge is 0.325 e. The van der Waals surface area contributed by atoms with E-state index in [1.165, 1.54) is 12.4 Å². The Morgan fingerprint density at radius 3 is 2.83 bits per heavy atom. The standard InChI is InChI=1S/C11H8BrN3O3/c12-7-3-1-2-6(9(7)16)4-13-8-5-14-11(18)15-10(8)17/h1-5,16H,(H2,14,15,17,18)/b13-4+. The Balaban J connectivity index is 2.39. The Hall–Kier alpha value is -2.15. The van der Waals surface area contributed by atoms with Crippen LogP contribution in [-0.2, 0) is 0 Å². The number of hydrogen-bond donors (Lipinski definition) is 3.